The summed E-state index contributed by atoms with van der Waals surface area (Å²) >= 11 is 0. The average molecular weight is 281 g/mol. The molecule has 0 bridgehead atoms. The van der Waals surface area contributed by atoms with E-state index in [-0.39, 0.29) is 11.3 Å². The summed E-state index contributed by atoms with van der Waals surface area (Å²) in [6, 6.07) is 0. The molecule has 2 N–H and O–H groups in total. The van der Waals surface area contributed by atoms with Crippen molar-refractivity contribution in [2.24, 2.45) is 17.3 Å². The summed E-state index contributed by atoms with van der Waals surface area (Å²) < 4.78 is 5.09. The lowest BCUT2D eigenvalue weighted by Crippen LogP contribution is -2.41. The molecule has 112 valence electrons. The van der Waals surface area contributed by atoms with E-state index in [2.05, 4.69) is 5.32 Å². The maximum Gasteiger partial charge on any atom is 0.307 e. The lowest BCUT2D eigenvalue weighted by Gasteiger charge is -2.25. The predicted molar refractivity (Wildman–Crippen MR) is 74.2 cm³/mol. The first-order valence-electron chi connectivity index (χ1n) is 7.22. The van der Waals surface area contributed by atoms with E-state index >= 15 is 0 Å². The molecule has 20 heavy (non-hydrogen) atoms. The highest BCUT2D eigenvalue weighted by molar-refractivity contribution is 5.85. The first-order chi connectivity index (χ1) is 9.58. The van der Waals surface area contributed by atoms with Crippen LogP contribution in [0.1, 0.15) is 32.1 Å². The van der Waals surface area contributed by atoms with E-state index in [1.807, 2.05) is 12.2 Å². The van der Waals surface area contributed by atoms with Gasteiger partial charge in [0, 0.05) is 20.3 Å². The molecular formula is C15H23NO4. The zero-order valence-electron chi connectivity index (χ0n) is 11.9. The molecule has 2 aliphatic carbocycles. The van der Waals surface area contributed by atoms with E-state index in [1.54, 1.807) is 7.11 Å². The first-order valence-corrected chi connectivity index (χ1v) is 7.22. The lowest BCUT2D eigenvalue weighted by molar-refractivity contribution is -0.147. The maximum atomic E-state index is 12.2. The lowest BCUT2D eigenvalue weighted by atomic mass is 9.82. The van der Waals surface area contributed by atoms with E-state index in [1.165, 1.54) is 0 Å². The van der Waals surface area contributed by atoms with Gasteiger partial charge in [-0.3, -0.25) is 9.59 Å². The van der Waals surface area contributed by atoms with Crippen LogP contribution in [0.4, 0.5) is 0 Å². The molecule has 2 aliphatic rings. The minimum atomic E-state index is -0.880. The van der Waals surface area contributed by atoms with E-state index < -0.39 is 17.8 Å². The van der Waals surface area contributed by atoms with Crippen molar-refractivity contribution in [1.82, 2.24) is 5.32 Å². The minimum absolute atomic E-state index is 0.120. The van der Waals surface area contributed by atoms with Crippen LogP contribution in [-0.2, 0) is 14.3 Å². The molecule has 0 spiro atoms. The number of carbonyl (C=O) groups excluding carboxylic acids is 1. The van der Waals surface area contributed by atoms with Crippen molar-refractivity contribution in [2.45, 2.75) is 32.1 Å². The zero-order valence-corrected chi connectivity index (χ0v) is 11.9. The largest absolute Gasteiger partial charge is 0.481 e. The van der Waals surface area contributed by atoms with E-state index in [0.29, 0.717) is 26.0 Å². The monoisotopic (exact) mass is 281 g/mol. The standard InChI is InChI=1S/C15H23NO4/c1-20-9-8-15(6-7-15)10-16-13(17)11-4-2-3-5-12(11)14(18)19/h2-3,11-12H,4-10H2,1H3,(H,16,17)(H,18,19). The molecule has 0 saturated heterocycles. The SMILES string of the molecule is COCCC1(CNC(=O)C2CC=CCC2C(=O)O)CC1. The van der Waals surface area contributed by atoms with Gasteiger partial charge in [-0.25, -0.2) is 0 Å². The van der Waals surface area contributed by atoms with Gasteiger partial charge >= 0.3 is 5.97 Å². The van der Waals surface area contributed by atoms with Gasteiger partial charge in [0.25, 0.3) is 0 Å². The van der Waals surface area contributed by atoms with E-state index in [0.717, 1.165) is 19.3 Å². The molecule has 2 rings (SSSR count). The number of methoxy groups -OCH3 is 1. The van der Waals surface area contributed by atoms with E-state index in [9.17, 15) is 14.7 Å². The van der Waals surface area contributed by atoms with Crippen molar-refractivity contribution in [3.05, 3.63) is 12.2 Å². The maximum absolute atomic E-state index is 12.2. The van der Waals surface area contributed by atoms with Crippen molar-refractivity contribution >= 4 is 11.9 Å². The fraction of sp³-hybridized carbons (Fsp3) is 0.733. The fourth-order valence-corrected chi connectivity index (χ4v) is 2.79. The molecule has 1 saturated carbocycles. The molecule has 0 heterocycles. The Hall–Kier alpha value is -1.36. The molecule has 2 atom stereocenters. The number of rotatable bonds is 7. The Morgan fingerprint density at radius 2 is 1.95 bits per heavy atom. The summed E-state index contributed by atoms with van der Waals surface area (Å²) in [4.78, 5) is 23.4. The number of carboxylic acid groups (broad SMARTS) is 1. The van der Waals surface area contributed by atoms with E-state index in [4.69, 9.17) is 4.74 Å². The van der Waals surface area contributed by atoms with Crippen molar-refractivity contribution < 1.29 is 19.4 Å². The molecule has 0 aromatic rings. The summed E-state index contributed by atoms with van der Waals surface area (Å²) in [7, 11) is 1.68. The number of allylic oxidation sites excluding steroid dienone is 2. The smallest absolute Gasteiger partial charge is 0.307 e. The molecule has 0 aromatic heterocycles. The van der Waals surface area contributed by atoms with Crippen LogP contribution in [0.3, 0.4) is 0 Å². The van der Waals surface area contributed by atoms with Crippen LogP contribution in [0.25, 0.3) is 0 Å². The minimum Gasteiger partial charge on any atom is -0.481 e. The first kappa shape index (κ1) is 15.0. The van der Waals surface area contributed by atoms with Crippen molar-refractivity contribution in [2.75, 3.05) is 20.3 Å². The van der Waals surface area contributed by atoms with Gasteiger partial charge in [0.15, 0.2) is 0 Å². The Morgan fingerprint density at radius 3 is 2.50 bits per heavy atom. The van der Waals surface area contributed by atoms with Gasteiger partial charge in [0.05, 0.1) is 11.8 Å². The predicted octanol–water partition coefficient (Wildman–Crippen LogP) is 1.59. The third-order valence-corrected chi connectivity index (χ3v) is 4.52. The van der Waals surface area contributed by atoms with Gasteiger partial charge in [0.2, 0.25) is 5.91 Å². The summed E-state index contributed by atoms with van der Waals surface area (Å²) in [5.41, 5.74) is 0.189. The summed E-state index contributed by atoms with van der Waals surface area (Å²) in [5, 5.41) is 12.1. The number of carboxylic acids is 1. The molecular weight excluding hydrogens is 258 g/mol. The highest BCUT2D eigenvalue weighted by Gasteiger charge is 2.43. The normalized spacial score (nSPS) is 27.1. The molecule has 0 aromatic carbocycles. The van der Waals surface area contributed by atoms with Crippen molar-refractivity contribution in [3.63, 3.8) is 0 Å². The molecule has 1 amide bonds. The average Bonchev–Trinajstić information content (AvgIpc) is 3.23. The third kappa shape index (κ3) is 3.60. The number of amides is 1. The Balaban J connectivity index is 1.85. The second kappa shape index (κ2) is 6.39. The topological polar surface area (TPSA) is 75.6 Å². The third-order valence-electron chi connectivity index (χ3n) is 4.52. The van der Waals surface area contributed by atoms with Gasteiger partial charge in [-0.15, -0.1) is 0 Å². The number of ether oxygens (including phenoxy) is 1. The Morgan fingerprint density at radius 1 is 1.30 bits per heavy atom. The fourth-order valence-electron chi connectivity index (χ4n) is 2.79. The quantitative estimate of drug-likeness (QED) is 0.695. The second-order valence-corrected chi connectivity index (χ2v) is 5.95. The Kier molecular flexibility index (Phi) is 4.81. The van der Waals surface area contributed by atoms with Gasteiger partial charge < -0.3 is 15.2 Å². The highest BCUT2D eigenvalue weighted by Crippen LogP contribution is 2.48. The van der Waals surface area contributed by atoms with Gasteiger partial charge in [0.1, 0.15) is 0 Å². The van der Waals surface area contributed by atoms with Crippen molar-refractivity contribution in [3.8, 4) is 0 Å². The number of carbonyl (C=O) groups is 2. The molecule has 5 nitrogen and oxygen atoms in total. The number of nitrogens with one attached hydrogen (secondary N) is 1. The van der Waals surface area contributed by atoms with Crippen LogP contribution in [0.2, 0.25) is 0 Å². The number of hydrogen-bond acceptors (Lipinski definition) is 3. The summed E-state index contributed by atoms with van der Waals surface area (Å²) in [6.45, 7) is 1.35. The molecule has 5 heteroatoms. The Bertz CT molecular complexity index is 401. The Labute approximate surface area is 119 Å². The van der Waals surface area contributed by atoms with Crippen LogP contribution >= 0.6 is 0 Å². The molecule has 0 radical (unpaired) electrons. The van der Waals surface area contributed by atoms with Crippen LogP contribution in [0, 0.1) is 17.3 Å². The molecule has 0 aliphatic heterocycles. The van der Waals surface area contributed by atoms with Crippen LogP contribution in [0.15, 0.2) is 12.2 Å². The van der Waals surface area contributed by atoms with Crippen molar-refractivity contribution in [1.29, 1.82) is 0 Å². The van der Waals surface area contributed by atoms with Gasteiger partial charge in [-0.05, 0) is 37.5 Å². The molecule has 1 fully saturated rings. The van der Waals surface area contributed by atoms with Gasteiger partial charge in [-0.1, -0.05) is 12.2 Å². The van der Waals surface area contributed by atoms with Gasteiger partial charge in [-0.2, -0.15) is 0 Å². The summed E-state index contributed by atoms with van der Waals surface area (Å²) in [6.07, 6.45) is 7.91. The number of aliphatic carboxylic acids is 1. The van der Waals surface area contributed by atoms with Crippen LogP contribution in [-0.4, -0.2) is 37.2 Å². The molecule has 2 unspecified atom stereocenters. The van der Waals surface area contributed by atoms with Crippen LogP contribution in [0.5, 0.6) is 0 Å². The summed E-state index contributed by atoms with van der Waals surface area (Å²) in [5.74, 6) is -2.02. The highest BCUT2D eigenvalue weighted by atomic mass is 16.5. The second-order valence-electron chi connectivity index (χ2n) is 5.95. The van der Waals surface area contributed by atoms with Crippen LogP contribution < -0.4 is 5.32 Å². The number of hydrogen-bond donors (Lipinski definition) is 2. The zero-order chi connectivity index (χ0) is 14.6.